The van der Waals surface area contributed by atoms with Gasteiger partial charge in [0.1, 0.15) is 0 Å². The molecular formula is C18H19ClN2O2S2. The van der Waals surface area contributed by atoms with E-state index in [1.54, 1.807) is 0 Å². The van der Waals surface area contributed by atoms with Gasteiger partial charge >= 0.3 is 0 Å². The number of benzene rings is 1. The molecule has 1 aliphatic carbocycles. The van der Waals surface area contributed by atoms with Crippen molar-refractivity contribution in [3.8, 4) is 11.3 Å². The minimum atomic E-state index is -2.89. The first-order chi connectivity index (χ1) is 12.0. The van der Waals surface area contributed by atoms with E-state index in [4.69, 9.17) is 21.6 Å². The molecule has 2 aliphatic rings. The predicted molar refractivity (Wildman–Crippen MR) is 102 cm³/mol. The summed E-state index contributed by atoms with van der Waals surface area (Å²) in [7, 11) is -2.89. The molecule has 1 atom stereocenters. The van der Waals surface area contributed by atoms with Gasteiger partial charge in [-0.05, 0) is 44.2 Å². The van der Waals surface area contributed by atoms with Crippen LogP contribution in [-0.4, -0.2) is 35.1 Å². The summed E-state index contributed by atoms with van der Waals surface area (Å²) >= 11 is 7.53. The van der Waals surface area contributed by atoms with Gasteiger partial charge in [-0.15, -0.1) is 0 Å². The van der Waals surface area contributed by atoms with Crippen LogP contribution in [0.3, 0.4) is 0 Å². The Labute approximate surface area is 157 Å². The maximum absolute atomic E-state index is 11.7. The summed E-state index contributed by atoms with van der Waals surface area (Å²) in [6.07, 6.45) is 4.95. The van der Waals surface area contributed by atoms with E-state index in [0.29, 0.717) is 16.6 Å². The molecule has 0 spiro atoms. The quantitative estimate of drug-likeness (QED) is 0.737. The molecule has 0 radical (unpaired) electrons. The molecule has 2 heterocycles. The van der Waals surface area contributed by atoms with E-state index in [0.717, 1.165) is 42.6 Å². The van der Waals surface area contributed by atoms with Crippen molar-refractivity contribution in [1.29, 1.82) is 0 Å². The van der Waals surface area contributed by atoms with Gasteiger partial charge in [-0.3, -0.25) is 0 Å². The molecule has 7 heteroatoms. The Bertz CT molecular complexity index is 898. The van der Waals surface area contributed by atoms with Crippen LogP contribution in [-0.2, 0) is 22.7 Å². The Kier molecular flexibility index (Phi) is 4.77. The molecule has 0 saturated carbocycles. The number of rotatable bonds is 3. The maximum Gasteiger partial charge on any atom is 0.188 e. The molecule has 0 N–H and O–H groups in total. The molecule has 1 fully saturated rings. The van der Waals surface area contributed by atoms with E-state index in [2.05, 4.69) is 0 Å². The van der Waals surface area contributed by atoms with Crippen LogP contribution < -0.4 is 0 Å². The van der Waals surface area contributed by atoms with Crippen LogP contribution >= 0.6 is 23.4 Å². The zero-order chi connectivity index (χ0) is 17.4. The molecule has 1 aliphatic heterocycles. The fourth-order valence-corrected chi connectivity index (χ4v) is 7.03. The van der Waals surface area contributed by atoms with Gasteiger partial charge in [0, 0.05) is 27.1 Å². The Morgan fingerprint density at radius 2 is 1.84 bits per heavy atom. The van der Waals surface area contributed by atoms with Crippen molar-refractivity contribution in [3.05, 3.63) is 40.5 Å². The molecule has 4 rings (SSSR count). The van der Waals surface area contributed by atoms with E-state index in [-0.39, 0.29) is 16.8 Å². The van der Waals surface area contributed by atoms with Crippen LogP contribution in [0.2, 0.25) is 5.02 Å². The number of fused-ring (bicyclic) bond motifs is 1. The highest BCUT2D eigenvalue weighted by atomic mass is 35.5. The van der Waals surface area contributed by atoms with Crippen LogP contribution in [0.1, 0.15) is 30.5 Å². The Morgan fingerprint density at radius 3 is 2.56 bits per heavy atom. The second kappa shape index (κ2) is 6.89. The third kappa shape index (κ3) is 3.86. The van der Waals surface area contributed by atoms with E-state index in [1.807, 2.05) is 24.3 Å². The highest BCUT2D eigenvalue weighted by Crippen LogP contribution is 2.34. The summed E-state index contributed by atoms with van der Waals surface area (Å²) in [5.41, 5.74) is 4.38. The normalized spacial score (nSPS) is 21.9. The molecule has 1 aromatic carbocycles. The SMILES string of the molecule is O=S1(=O)CC[C@@H](Sc2nc3c(c(-c4ccc(Cl)cc4)n2)CCCC3)C1. The zero-order valence-corrected chi connectivity index (χ0v) is 16.1. The molecule has 4 nitrogen and oxygen atoms in total. The van der Waals surface area contributed by atoms with Crippen LogP contribution in [0.15, 0.2) is 29.4 Å². The fourth-order valence-electron chi connectivity index (χ4n) is 3.47. The van der Waals surface area contributed by atoms with Gasteiger partial charge in [-0.25, -0.2) is 18.4 Å². The molecule has 0 unspecified atom stereocenters. The second-order valence-corrected chi connectivity index (χ2v) is 10.6. The highest BCUT2D eigenvalue weighted by Gasteiger charge is 2.30. The van der Waals surface area contributed by atoms with E-state index < -0.39 is 9.84 Å². The molecule has 132 valence electrons. The smallest absolute Gasteiger partial charge is 0.188 e. The van der Waals surface area contributed by atoms with E-state index in [1.165, 1.54) is 17.3 Å². The summed E-state index contributed by atoms with van der Waals surface area (Å²) in [6, 6.07) is 7.75. The van der Waals surface area contributed by atoms with Crippen LogP contribution in [0, 0.1) is 0 Å². The predicted octanol–water partition coefficient (Wildman–Crippen LogP) is 3.96. The molecule has 1 saturated heterocycles. The van der Waals surface area contributed by atoms with Crippen molar-refractivity contribution in [2.24, 2.45) is 0 Å². The number of halogens is 1. The Balaban J connectivity index is 1.71. The molecule has 2 aromatic rings. The van der Waals surface area contributed by atoms with Gasteiger partial charge in [-0.2, -0.15) is 0 Å². The number of sulfone groups is 1. The van der Waals surface area contributed by atoms with E-state index in [9.17, 15) is 8.42 Å². The number of hydrogen-bond acceptors (Lipinski definition) is 5. The van der Waals surface area contributed by atoms with E-state index >= 15 is 0 Å². The molecule has 0 amide bonds. The largest absolute Gasteiger partial charge is 0.229 e. The third-order valence-electron chi connectivity index (χ3n) is 4.74. The van der Waals surface area contributed by atoms with Gasteiger partial charge in [-0.1, -0.05) is 35.5 Å². The molecule has 0 bridgehead atoms. The van der Waals surface area contributed by atoms with Crippen LogP contribution in [0.25, 0.3) is 11.3 Å². The maximum atomic E-state index is 11.7. The lowest BCUT2D eigenvalue weighted by atomic mass is 9.92. The average molecular weight is 395 g/mol. The van der Waals surface area contributed by atoms with Gasteiger partial charge in [0.15, 0.2) is 15.0 Å². The first-order valence-corrected chi connectivity index (χ1v) is 11.6. The minimum absolute atomic E-state index is 0.0599. The minimum Gasteiger partial charge on any atom is -0.229 e. The lowest BCUT2D eigenvalue weighted by Gasteiger charge is -2.20. The lowest BCUT2D eigenvalue weighted by molar-refractivity contribution is 0.602. The summed E-state index contributed by atoms with van der Waals surface area (Å²) in [4.78, 5) is 9.57. The topological polar surface area (TPSA) is 59.9 Å². The lowest BCUT2D eigenvalue weighted by Crippen LogP contribution is -2.12. The fraction of sp³-hybridized carbons (Fsp3) is 0.444. The van der Waals surface area contributed by atoms with Crippen molar-refractivity contribution in [2.45, 2.75) is 42.5 Å². The van der Waals surface area contributed by atoms with Crippen molar-refractivity contribution < 1.29 is 8.42 Å². The van der Waals surface area contributed by atoms with Crippen LogP contribution in [0.5, 0.6) is 0 Å². The van der Waals surface area contributed by atoms with Crippen molar-refractivity contribution in [3.63, 3.8) is 0 Å². The van der Waals surface area contributed by atoms with Crippen LogP contribution in [0.4, 0.5) is 0 Å². The Morgan fingerprint density at radius 1 is 1.08 bits per heavy atom. The standard InChI is InChI=1S/C18H19ClN2O2S2/c19-13-7-5-12(6-8-13)17-15-3-1-2-4-16(15)20-18(21-17)24-14-9-10-25(22,23)11-14/h5-8,14H,1-4,9-11H2/t14-/m1/s1. The number of hydrogen-bond donors (Lipinski definition) is 0. The number of nitrogens with zero attached hydrogens (tertiary/aromatic N) is 2. The third-order valence-corrected chi connectivity index (χ3v) is 8.10. The first-order valence-electron chi connectivity index (χ1n) is 8.53. The van der Waals surface area contributed by atoms with Crippen molar-refractivity contribution in [2.75, 3.05) is 11.5 Å². The average Bonchev–Trinajstić information content (AvgIpc) is 2.93. The summed E-state index contributed by atoms with van der Waals surface area (Å²) < 4.78 is 23.4. The first kappa shape index (κ1) is 17.3. The van der Waals surface area contributed by atoms with Gasteiger partial charge in [0.25, 0.3) is 0 Å². The molecule has 25 heavy (non-hydrogen) atoms. The second-order valence-electron chi connectivity index (χ2n) is 6.64. The number of thioether (sulfide) groups is 1. The van der Waals surface area contributed by atoms with Crippen molar-refractivity contribution >= 4 is 33.2 Å². The zero-order valence-electron chi connectivity index (χ0n) is 13.7. The van der Waals surface area contributed by atoms with Gasteiger partial charge < -0.3 is 0 Å². The molecular weight excluding hydrogens is 376 g/mol. The molecule has 1 aromatic heterocycles. The monoisotopic (exact) mass is 394 g/mol. The van der Waals surface area contributed by atoms with Gasteiger partial charge in [0.2, 0.25) is 0 Å². The van der Waals surface area contributed by atoms with Crippen molar-refractivity contribution in [1.82, 2.24) is 9.97 Å². The number of aromatic nitrogens is 2. The highest BCUT2D eigenvalue weighted by molar-refractivity contribution is 8.01. The Hall–Kier alpha value is -1.11. The number of aryl methyl sites for hydroxylation is 1. The van der Waals surface area contributed by atoms with Gasteiger partial charge in [0.05, 0.1) is 17.2 Å². The summed E-state index contributed by atoms with van der Waals surface area (Å²) in [5, 5.41) is 1.47. The summed E-state index contributed by atoms with van der Waals surface area (Å²) in [5.74, 6) is 0.508. The summed E-state index contributed by atoms with van der Waals surface area (Å²) in [6.45, 7) is 0.